The molecule has 1 fully saturated rings. The van der Waals surface area contributed by atoms with Crippen LogP contribution in [0.25, 0.3) is 0 Å². The molecule has 92 valence electrons. The lowest BCUT2D eigenvalue weighted by molar-refractivity contribution is 0.248. The van der Waals surface area contributed by atoms with Crippen molar-refractivity contribution in [3.8, 4) is 0 Å². The van der Waals surface area contributed by atoms with Crippen molar-refractivity contribution in [2.75, 3.05) is 0 Å². The first-order valence-corrected chi connectivity index (χ1v) is 7.25. The van der Waals surface area contributed by atoms with E-state index < -0.39 is 0 Å². The molecule has 0 aromatic carbocycles. The molecule has 2 aliphatic carbocycles. The predicted molar refractivity (Wildman–Crippen MR) is 70.3 cm³/mol. The van der Waals surface area contributed by atoms with Gasteiger partial charge >= 0.3 is 0 Å². The van der Waals surface area contributed by atoms with E-state index in [4.69, 9.17) is 5.73 Å². The van der Waals surface area contributed by atoms with Gasteiger partial charge in [-0.2, -0.15) is 0 Å². The van der Waals surface area contributed by atoms with Crippen LogP contribution in [-0.2, 0) is 0 Å². The van der Waals surface area contributed by atoms with Crippen LogP contribution in [0.15, 0.2) is 11.6 Å². The molecule has 0 aliphatic heterocycles. The SMILES string of the molecule is CCC1CCC(C(N)C2=CCCCC2)CC1. The molecule has 0 amide bonds. The summed E-state index contributed by atoms with van der Waals surface area (Å²) in [5, 5.41) is 0. The third kappa shape index (κ3) is 2.88. The van der Waals surface area contributed by atoms with Gasteiger partial charge < -0.3 is 5.73 Å². The van der Waals surface area contributed by atoms with E-state index in [-0.39, 0.29) is 0 Å². The van der Waals surface area contributed by atoms with Crippen LogP contribution in [0.2, 0.25) is 0 Å². The molecule has 0 aromatic rings. The van der Waals surface area contributed by atoms with Crippen molar-refractivity contribution < 1.29 is 0 Å². The summed E-state index contributed by atoms with van der Waals surface area (Å²) in [6.45, 7) is 2.33. The van der Waals surface area contributed by atoms with Gasteiger partial charge in [-0.3, -0.25) is 0 Å². The zero-order valence-electron chi connectivity index (χ0n) is 10.8. The van der Waals surface area contributed by atoms with Gasteiger partial charge in [0.2, 0.25) is 0 Å². The van der Waals surface area contributed by atoms with E-state index in [9.17, 15) is 0 Å². The van der Waals surface area contributed by atoms with Gasteiger partial charge in [-0.25, -0.2) is 0 Å². The number of nitrogens with two attached hydrogens (primary N) is 1. The minimum absolute atomic E-state index is 0.387. The Bertz CT molecular complexity index is 236. The minimum atomic E-state index is 0.387. The van der Waals surface area contributed by atoms with Crippen molar-refractivity contribution >= 4 is 0 Å². The number of allylic oxidation sites excluding steroid dienone is 1. The molecule has 1 heteroatoms. The third-order valence-electron chi connectivity index (χ3n) is 4.73. The van der Waals surface area contributed by atoms with Gasteiger partial charge in [0.05, 0.1) is 0 Å². The highest BCUT2D eigenvalue weighted by Crippen LogP contribution is 2.35. The van der Waals surface area contributed by atoms with Gasteiger partial charge in [0, 0.05) is 6.04 Å². The van der Waals surface area contributed by atoms with Crippen molar-refractivity contribution in [3.63, 3.8) is 0 Å². The molecule has 2 rings (SSSR count). The maximum Gasteiger partial charge on any atom is 0.0282 e. The summed E-state index contributed by atoms with van der Waals surface area (Å²) in [7, 11) is 0. The average Bonchev–Trinajstić information content (AvgIpc) is 2.39. The fourth-order valence-corrected chi connectivity index (χ4v) is 3.42. The van der Waals surface area contributed by atoms with E-state index >= 15 is 0 Å². The maximum atomic E-state index is 6.44. The molecule has 0 aromatic heterocycles. The smallest absolute Gasteiger partial charge is 0.0282 e. The minimum Gasteiger partial charge on any atom is -0.324 e. The lowest BCUT2D eigenvalue weighted by atomic mass is 9.75. The van der Waals surface area contributed by atoms with Crippen LogP contribution in [0.5, 0.6) is 0 Å². The lowest BCUT2D eigenvalue weighted by Gasteiger charge is -2.33. The van der Waals surface area contributed by atoms with E-state index in [1.807, 2.05) is 0 Å². The van der Waals surface area contributed by atoms with Crippen molar-refractivity contribution in [2.45, 2.75) is 70.8 Å². The number of hydrogen-bond donors (Lipinski definition) is 1. The first-order chi connectivity index (χ1) is 7.81. The molecule has 16 heavy (non-hydrogen) atoms. The fraction of sp³-hybridized carbons (Fsp3) is 0.867. The third-order valence-corrected chi connectivity index (χ3v) is 4.73. The average molecular weight is 221 g/mol. The van der Waals surface area contributed by atoms with Crippen LogP contribution in [0.1, 0.15) is 64.7 Å². The molecule has 2 aliphatic rings. The molecule has 0 saturated heterocycles. The van der Waals surface area contributed by atoms with Crippen molar-refractivity contribution in [1.82, 2.24) is 0 Å². The van der Waals surface area contributed by atoms with E-state index in [0.29, 0.717) is 6.04 Å². The lowest BCUT2D eigenvalue weighted by Crippen LogP contribution is -2.35. The summed E-state index contributed by atoms with van der Waals surface area (Å²) >= 11 is 0. The molecule has 0 heterocycles. The predicted octanol–water partition coefficient (Wildman–Crippen LogP) is 4.03. The highest BCUT2D eigenvalue weighted by atomic mass is 14.7. The second kappa shape index (κ2) is 5.86. The van der Waals surface area contributed by atoms with E-state index in [1.165, 1.54) is 57.8 Å². The van der Waals surface area contributed by atoms with E-state index in [2.05, 4.69) is 13.0 Å². The number of hydrogen-bond acceptors (Lipinski definition) is 1. The summed E-state index contributed by atoms with van der Waals surface area (Å²) in [5.74, 6) is 1.77. The fourth-order valence-electron chi connectivity index (χ4n) is 3.42. The van der Waals surface area contributed by atoms with Crippen LogP contribution in [0, 0.1) is 11.8 Å². The van der Waals surface area contributed by atoms with Crippen LogP contribution < -0.4 is 5.73 Å². The maximum absolute atomic E-state index is 6.44. The van der Waals surface area contributed by atoms with E-state index in [1.54, 1.807) is 5.57 Å². The normalized spacial score (nSPS) is 33.2. The Morgan fingerprint density at radius 3 is 2.56 bits per heavy atom. The molecule has 2 N–H and O–H groups in total. The standard InChI is InChI=1S/C15H27N/c1-2-12-8-10-14(11-9-12)15(16)13-6-4-3-5-7-13/h6,12,14-15H,2-5,7-11,16H2,1H3. The molecule has 0 bridgehead atoms. The zero-order chi connectivity index (χ0) is 11.4. The van der Waals surface area contributed by atoms with Gasteiger partial charge in [0.15, 0.2) is 0 Å². The molecule has 1 saturated carbocycles. The van der Waals surface area contributed by atoms with Crippen LogP contribution in [0.4, 0.5) is 0 Å². The monoisotopic (exact) mass is 221 g/mol. The first-order valence-electron chi connectivity index (χ1n) is 7.25. The van der Waals surface area contributed by atoms with Crippen LogP contribution in [-0.4, -0.2) is 6.04 Å². The second-order valence-electron chi connectivity index (χ2n) is 5.74. The molecular weight excluding hydrogens is 194 g/mol. The van der Waals surface area contributed by atoms with E-state index in [0.717, 1.165) is 11.8 Å². The molecule has 1 unspecified atom stereocenters. The van der Waals surface area contributed by atoms with Gasteiger partial charge in [-0.1, -0.05) is 37.8 Å². The summed E-state index contributed by atoms with van der Waals surface area (Å²) < 4.78 is 0. The van der Waals surface area contributed by atoms with Crippen LogP contribution >= 0.6 is 0 Å². The van der Waals surface area contributed by atoms with Gasteiger partial charge in [-0.15, -0.1) is 0 Å². The second-order valence-corrected chi connectivity index (χ2v) is 5.74. The van der Waals surface area contributed by atoms with Crippen molar-refractivity contribution in [2.24, 2.45) is 17.6 Å². The molecule has 1 atom stereocenters. The number of rotatable bonds is 3. The van der Waals surface area contributed by atoms with Gasteiger partial charge in [0.25, 0.3) is 0 Å². The van der Waals surface area contributed by atoms with Gasteiger partial charge in [-0.05, 0) is 50.4 Å². The largest absolute Gasteiger partial charge is 0.324 e. The summed E-state index contributed by atoms with van der Waals surface area (Å²) in [6, 6.07) is 0.387. The Kier molecular flexibility index (Phi) is 4.45. The molecule has 1 nitrogen and oxygen atoms in total. The topological polar surface area (TPSA) is 26.0 Å². The Morgan fingerprint density at radius 2 is 2.00 bits per heavy atom. The first kappa shape index (κ1) is 12.2. The summed E-state index contributed by atoms with van der Waals surface area (Å²) in [6.07, 6.45) is 14.7. The zero-order valence-corrected chi connectivity index (χ0v) is 10.8. The quantitative estimate of drug-likeness (QED) is 0.715. The molecule has 0 spiro atoms. The molecule has 0 radical (unpaired) electrons. The van der Waals surface area contributed by atoms with Crippen molar-refractivity contribution in [1.29, 1.82) is 0 Å². The van der Waals surface area contributed by atoms with Crippen molar-refractivity contribution in [3.05, 3.63) is 11.6 Å². The Balaban J connectivity index is 1.85. The van der Waals surface area contributed by atoms with Crippen LogP contribution in [0.3, 0.4) is 0 Å². The Labute approximate surface area is 100 Å². The van der Waals surface area contributed by atoms with Gasteiger partial charge in [0.1, 0.15) is 0 Å². The Morgan fingerprint density at radius 1 is 1.25 bits per heavy atom. The highest BCUT2D eigenvalue weighted by Gasteiger charge is 2.26. The summed E-state index contributed by atoms with van der Waals surface area (Å²) in [5.41, 5.74) is 8.02. The Hall–Kier alpha value is -0.300. The summed E-state index contributed by atoms with van der Waals surface area (Å²) in [4.78, 5) is 0. The molecular formula is C15H27N. The highest BCUT2D eigenvalue weighted by molar-refractivity contribution is 5.14.